The van der Waals surface area contributed by atoms with Gasteiger partial charge in [-0.05, 0) is 93.2 Å². The zero-order valence-corrected chi connectivity index (χ0v) is 25.5. The van der Waals surface area contributed by atoms with Crippen LogP contribution in [0.5, 0.6) is 11.6 Å². The molecule has 0 radical (unpaired) electrons. The molecule has 2 aromatic heterocycles. The quantitative estimate of drug-likeness (QED) is 0.319. The van der Waals surface area contributed by atoms with Crippen LogP contribution in [0.1, 0.15) is 31.2 Å². The van der Waals surface area contributed by atoms with Gasteiger partial charge in [0.2, 0.25) is 5.88 Å². The van der Waals surface area contributed by atoms with E-state index in [4.69, 9.17) is 43.6 Å². The van der Waals surface area contributed by atoms with E-state index in [9.17, 15) is 5.11 Å². The number of halogens is 2. The number of anilines is 1. The second-order valence-electron chi connectivity index (χ2n) is 12.2. The Morgan fingerprint density at radius 3 is 2.29 bits per heavy atom. The predicted molar refractivity (Wildman–Crippen MR) is 168 cm³/mol. The minimum absolute atomic E-state index is 0.158. The number of rotatable bonds is 10. The molecule has 224 valence electrons. The summed E-state index contributed by atoms with van der Waals surface area (Å²) in [6.45, 7) is 8.74. The smallest absolute Gasteiger partial charge is 0.220 e. The van der Waals surface area contributed by atoms with Gasteiger partial charge in [0.1, 0.15) is 11.6 Å². The van der Waals surface area contributed by atoms with E-state index in [1.54, 1.807) is 12.3 Å². The molecule has 3 aliphatic rings. The van der Waals surface area contributed by atoms with Crippen molar-refractivity contribution in [1.29, 1.82) is 0 Å². The third-order valence-corrected chi connectivity index (χ3v) is 9.39. The highest BCUT2D eigenvalue weighted by Gasteiger charge is 2.43. The van der Waals surface area contributed by atoms with E-state index in [0.717, 1.165) is 107 Å². The molecule has 2 saturated heterocycles. The molecule has 3 N–H and O–H groups in total. The molecule has 3 aromatic rings. The first-order valence-electron chi connectivity index (χ1n) is 15.0. The number of aliphatic hydroxyl groups is 1. The van der Waals surface area contributed by atoms with Crippen LogP contribution in [0.25, 0.3) is 11.3 Å². The Bertz CT molecular complexity index is 1330. The van der Waals surface area contributed by atoms with Crippen LogP contribution in [-0.2, 0) is 6.54 Å². The Morgan fingerprint density at radius 2 is 1.67 bits per heavy atom. The van der Waals surface area contributed by atoms with Gasteiger partial charge in [0.05, 0.1) is 11.9 Å². The molecule has 8 nitrogen and oxygen atoms in total. The van der Waals surface area contributed by atoms with Crippen molar-refractivity contribution in [3.8, 4) is 22.9 Å². The number of aliphatic hydroxyl groups excluding tert-OH is 1. The van der Waals surface area contributed by atoms with Gasteiger partial charge in [-0.1, -0.05) is 23.2 Å². The fourth-order valence-corrected chi connectivity index (χ4v) is 6.61. The Morgan fingerprint density at radius 1 is 0.929 bits per heavy atom. The maximum Gasteiger partial charge on any atom is 0.220 e. The van der Waals surface area contributed by atoms with Gasteiger partial charge < -0.3 is 20.5 Å². The van der Waals surface area contributed by atoms with E-state index in [2.05, 4.69) is 20.8 Å². The SMILES string of the molecule is NCC1CCN(Cc2cc(Oc3ccc(N4CCN(CC5(CO)CC5)CC4)nc3)nc(-c3cc(Cl)cc(Cl)c3)c2)CC1. The number of hydrogen-bond donors (Lipinski definition) is 2. The fourth-order valence-electron chi connectivity index (χ4n) is 6.08. The van der Waals surface area contributed by atoms with Gasteiger partial charge in [-0.2, -0.15) is 0 Å². The molecule has 0 amide bonds. The van der Waals surface area contributed by atoms with Crippen molar-refractivity contribution in [2.24, 2.45) is 17.1 Å². The number of likely N-dealkylation sites (tertiary alicyclic amines) is 1. The summed E-state index contributed by atoms with van der Waals surface area (Å²) in [6.07, 6.45) is 6.31. The largest absolute Gasteiger partial charge is 0.437 e. The van der Waals surface area contributed by atoms with Crippen LogP contribution in [0.2, 0.25) is 10.0 Å². The van der Waals surface area contributed by atoms with E-state index in [1.165, 1.54) is 0 Å². The summed E-state index contributed by atoms with van der Waals surface area (Å²) in [5, 5.41) is 10.8. The summed E-state index contributed by atoms with van der Waals surface area (Å²) < 4.78 is 6.27. The van der Waals surface area contributed by atoms with Crippen molar-refractivity contribution in [1.82, 2.24) is 19.8 Å². The Labute approximate surface area is 258 Å². The molecule has 0 unspecified atom stereocenters. The number of nitrogens with two attached hydrogens (primary N) is 1. The highest BCUT2D eigenvalue weighted by molar-refractivity contribution is 6.35. The molecular weight excluding hydrogens is 571 g/mol. The number of pyridine rings is 2. The standard InChI is InChI=1S/C32H40Cl2N6O2/c33-26-15-25(16-27(34)17-26)29-13-24(20-38-7-3-23(18-35)4-8-38)14-31(37-29)42-28-1-2-30(36-19-28)40-11-9-39(10-12-40)21-32(22-41)5-6-32/h1-2,13-17,19,23,41H,3-12,18,20-22,35H2. The third-order valence-electron chi connectivity index (χ3n) is 8.96. The lowest BCUT2D eigenvalue weighted by Gasteiger charge is -2.37. The summed E-state index contributed by atoms with van der Waals surface area (Å²) in [6, 6.07) is 13.6. The number of benzene rings is 1. The predicted octanol–water partition coefficient (Wildman–Crippen LogP) is 5.31. The lowest BCUT2D eigenvalue weighted by atomic mass is 9.97. The van der Waals surface area contributed by atoms with Crippen LogP contribution in [0.15, 0.2) is 48.7 Å². The zero-order valence-electron chi connectivity index (χ0n) is 24.0. The number of nitrogens with zero attached hydrogens (tertiary/aromatic N) is 5. The van der Waals surface area contributed by atoms with Crippen molar-refractivity contribution in [3.05, 3.63) is 64.3 Å². The summed E-state index contributed by atoms with van der Waals surface area (Å²) in [5.41, 5.74) is 8.79. The minimum atomic E-state index is 0.158. The Hall–Kier alpha value is -2.46. The molecule has 42 heavy (non-hydrogen) atoms. The van der Waals surface area contributed by atoms with E-state index in [0.29, 0.717) is 34.2 Å². The van der Waals surface area contributed by atoms with E-state index in [-0.39, 0.29) is 5.41 Å². The van der Waals surface area contributed by atoms with Crippen LogP contribution >= 0.6 is 23.2 Å². The molecule has 0 spiro atoms. The first-order chi connectivity index (χ1) is 20.4. The van der Waals surface area contributed by atoms with Gasteiger partial charge in [-0.25, -0.2) is 9.97 Å². The van der Waals surface area contributed by atoms with Crippen LogP contribution in [0, 0.1) is 11.3 Å². The number of piperidine rings is 1. The van der Waals surface area contributed by atoms with Crippen LogP contribution in [-0.4, -0.2) is 83.8 Å². The third kappa shape index (κ3) is 7.36. The lowest BCUT2D eigenvalue weighted by Crippen LogP contribution is -2.48. The van der Waals surface area contributed by atoms with Gasteiger partial charge in [-0.3, -0.25) is 9.80 Å². The van der Waals surface area contributed by atoms with Crippen molar-refractivity contribution >= 4 is 29.0 Å². The zero-order chi connectivity index (χ0) is 29.1. The van der Waals surface area contributed by atoms with Gasteiger partial charge in [0.25, 0.3) is 0 Å². The van der Waals surface area contributed by atoms with Crippen molar-refractivity contribution < 1.29 is 9.84 Å². The van der Waals surface area contributed by atoms with Crippen molar-refractivity contribution in [2.75, 3.05) is 63.9 Å². The molecule has 1 aromatic carbocycles. The molecule has 4 heterocycles. The second kappa shape index (κ2) is 13.0. The summed E-state index contributed by atoms with van der Waals surface area (Å²) in [5.74, 6) is 2.71. The monoisotopic (exact) mass is 610 g/mol. The number of ether oxygens (including phenoxy) is 1. The summed E-state index contributed by atoms with van der Waals surface area (Å²) in [7, 11) is 0. The number of piperazine rings is 1. The molecule has 1 saturated carbocycles. The van der Waals surface area contributed by atoms with E-state index in [1.807, 2.05) is 30.3 Å². The van der Waals surface area contributed by atoms with Gasteiger partial charge in [0, 0.05) is 73.0 Å². The molecule has 6 rings (SSSR count). The number of hydrogen-bond acceptors (Lipinski definition) is 8. The number of aromatic nitrogens is 2. The van der Waals surface area contributed by atoms with Crippen LogP contribution < -0.4 is 15.4 Å². The molecule has 0 bridgehead atoms. The van der Waals surface area contributed by atoms with E-state index < -0.39 is 0 Å². The van der Waals surface area contributed by atoms with Gasteiger partial charge in [-0.15, -0.1) is 0 Å². The maximum absolute atomic E-state index is 9.67. The lowest BCUT2D eigenvalue weighted by molar-refractivity contribution is 0.143. The average Bonchev–Trinajstić information content (AvgIpc) is 3.77. The molecule has 1 aliphatic carbocycles. The molecule has 0 atom stereocenters. The van der Waals surface area contributed by atoms with Crippen molar-refractivity contribution in [2.45, 2.75) is 32.2 Å². The first-order valence-corrected chi connectivity index (χ1v) is 15.8. The Balaban J connectivity index is 1.15. The normalized spacial score (nSPS) is 19.7. The minimum Gasteiger partial charge on any atom is -0.437 e. The van der Waals surface area contributed by atoms with Crippen molar-refractivity contribution in [3.63, 3.8) is 0 Å². The van der Waals surface area contributed by atoms with Crippen LogP contribution in [0.3, 0.4) is 0 Å². The van der Waals surface area contributed by atoms with E-state index >= 15 is 0 Å². The summed E-state index contributed by atoms with van der Waals surface area (Å²) in [4.78, 5) is 16.8. The van der Waals surface area contributed by atoms with Gasteiger partial charge in [0.15, 0.2) is 0 Å². The highest BCUT2D eigenvalue weighted by Crippen LogP contribution is 2.45. The molecule has 10 heteroatoms. The highest BCUT2D eigenvalue weighted by atomic mass is 35.5. The first kappa shape index (κ1) is 29.6. The van der Waals surface area contributed by atoms with Crippen LogP contribution in [0.4, 0.5) is 5.82 Å². The molecular formula is C32H40Cl2N6O2. The fraction of sp³-hybridized carbons (Fsp3) is 0.500. The average molecular weight is 612 g/mol. The molecule has 3 fully saturated rings. The topological polar surface area (TPSA) is 91.0 Å². The maximum atomic E-state index is 9.67. The summed E-state index contributed by atoms with van der Waals surface area (Å²) >= 11 is 12.7. The Kier molecular flexibility index (Phi) is 9.19. The molecule has 2 aliphatic heterocycles. The second-order valence-corrected chi connectivity index (χ2v) is 13.1. The van der Waals surface area contributed by atoms with Gasteiger partial charge >= 0.3 is 0 Å².